The second-order valence-electron chi connectivity index (χ2n) is 8.12. The van der Waals surface area contributed by atoms with Gasteiger partial charge in [-0.2, -0.15) is 0 Å². The largest absolute Gasteiger partial charge is 0.378 e. The van der Waals surface area contributed by atoms with E-state index in [9.17, 15) is 20.2 Å². The van der Waals surface area contributed by atoms with Crippen LogP contribution in [0.3, 0.4) is 0 Å². The Morgan fingerprint density at radius 2 is 0.941 bits per heavy atom. The van der Waals surface area contributed by atoms with Crippen molar-refractivity contribution in [3.05, 3.63) is 103 Å². The smallest absolute Gasteiger partial charge is 0.283 e. The summed E-state index contributed by atoms with van der Waals surface area (Å²) in [6.07, 6.45) is 6.72. The van der Waals surface area contributed by atoms with Crippen LogP contribution >= 0.6 is 0 Å². The van der Waals surface area contributed by atoms with Gasteiger partial charge in [-0.25, -0.2) is 0 Å². The van der Waals surface area contributed by atoms with Crippen molar-refractivity contribution in [1.82, 2.24) is 0 Å². The molecule has 0 heterocycles. The minimum atomic E-state index is -0.602. The summed E-state index contributed by atoms with van der Waals surface area (Å²) in [5.41, 5.74) is 3.71. The lowest BCUT2D eigenvalue weighted by atomic mass is 10.0. The number of benzene rings is 3. The first-order valence-electron chi connectivity index (χ1n) is 10.5. The maximum absolute atomic E-state index is 11.6. The van der Waals surface area contributed by atoms with Gasteiger partial charge in [-0.05, 0) is 53.6 Å². The Bertz CT molecular complexity index is 1150. The van der Waals surface area contributed by atoms with Gasteiger partial charge in [-0.3, -0.25) is 20.2 Å². The van der Waals surface area contributed by atoms with Gasteiger partial charge in [0.25, 0.3) is 11.4 Å². The molecule has 3 rings (SSSR count). The van der Waals surface area contributed by atoms with E-state index in [-0.39, 0.29) is 22.5 Å². The number of nitro groups is 2. The van der Waals surface area contributed by atoms with Crippen molar-refractivity contribution in [2.45, 2.75) is 0 Å². The summed E-state index contributed by atoms with van der Waals surface area (Å²) in [6, 6.07) is 17.9. The number of hydrogen-bond donors (Lipinski definition) is 0. The number of rotatable bonds is 8. The second kappa shape index (κ2) is 10.4. The van der Waals surface area contributed by atoms with Crippen LogP contribution in [-0.2, 0) is 0 Å². The van der Waals surface area contributed by atoms with Gasteiger partial charge in [0, 0.05) is 39.6 Å². The maximum atomic E-state index is 11.6. The van der Waals surface area contributed by atoms with Crippen LogP contribution in [0.2, 0.25) is 0 Å². The molecule has 0 atom stereocenters. The van der Waals surface area contributed by atoms with Crippen LogP contribution in [-0.4, -0.2) is 38.0 Å². The Morgan fingerprint density at radius 1 is 0.588 bits per heavy atom. The fourth-order valence-electron chi connectivity index (χ4n) is 3.33. The third-order valence-corrected chi connectivity index (χ3v) is 5.30. The third-order valence-electron chi connectivity index (χ3n) is 5.30. The highest BCUT2D eigenvalue weighted by atomic mass is 16.6. The Balaban J connectivity index is 1.99. The summed E-state index contributed by atoms with van der Waals surface area (Å²) in [5, 5.41) is 23.3. The third kappa shape index (κ3) is 5.86. The summed E-state index contributed by atoms with van der Waals surface area (Å²) >= 11 is 0. The van der Waals surface area contributed by atoms with Gasteiger partial charge in [0.1, 0.15) is 0 Å². The Kier molecular flexibility index (Phi) is 7.43. The molecule has 0 bridgehead atoms. The first-order valence-corrected chi connectivity index (χ1v) is 10.5. The Labute approximate surface area is 198 Å². The van der Waals surface area contributed by atoms with E-state index >= 15 is 0 Å². The van der Waals surface area contributed by atoms with Crippen LogP contribution in [0.5, 0.6) is 0 Å². The Hall–Kier alpha value is -4.46. The maximum Gasteiger partial charge on any atom is 0.283 e. The molecule has 0 aliphatic heterocycles. The van der Waals surface area contributed by atoms with Crippen molar-refractivity contribution in [2.75, 3.05) is 38.0 Å². The molecule has 0 aromatic heterocycles. The van der Waals surface area contributed by atoms with Crippen molar-refractivity contribution in [3.8, 4) is 0 Å². The molecule has 0 amide bonds. The van der Waals surface area contributed by atoms with Crippen LogP contribution in [0.15, 0.2) is 60.7 Å². The molecule has 3 aromatic carbocycles. The minimum absolute atomic E-state index is 0.287. The first kappa shape index (κ1) is 24.2. The van der Waals surface area contributed by atoms with Gasteiger partial charge in [0.15, 0.2) is 0 Å². The predicted molar refractivity (Wildman–Crippen MR) is 139 cm³/mol. The molecule has 8 heteroatoms. The number of nitro benzene ring substituents is 2. The van der Waals surface area contributed by atoms with Crippen molar-refractivity contribution in [3.63, 3.8) is 0 Å². The topological polar surface area (TPSA) is 92.8 Å². The summed E-state index contributed by atoms with van der Waals surface area (Å²) in [5.74, 6) is 0. The fraction of sp³-hybridized carbons (Fsp3) is 0.154. The van der Waals surface area contributed by atoms with E-state index in [1.165, 1.54) is 6.07 Å². The molecule has 0 radical (unpaired) electrons. The van der Waals surface area contributed by atoms with E-state index in [0.29, 0.717) is 0 Å². The van der Waals surface area contributed by atoms with Gasteiger partial charge in [0.2, 0.25) is 0 Å². The molecule has 0 spiro atoms. The lowest BCUT2D eigenvalue weighted by molar-refractivity contribution is -0.394. The highest BCUT2D eigenvalue weighted by Gasteiger charge is 2.22. The highest BCUT2D eigenvalue weighted by Crippen LogP contribution is 2.32. The number of anilines is 2. The molecule has 0 unspecified atom stereocenters. The molecule has 0 saturated carbocycles. The highest BCUT2D eigenvalue weighted by molar-refractivity contribution is 5.82. The van der Waals surface area contributed by atoms with Crippen LogP contribution in [0.4, 0.5) is 22.7 Å². The van der Waals surface area contributed by atoms with Gasteiger partial charge in [-0.1, -0.05) is 36.4 Å². The standard InChI is InChI=1S/C26H26N4O4/c1-27(2)23-13-7-19(8-14-23)5-11-21-17-22(26(30(33)34)18-25(21)29(31)32)12-6-20-9-15-24(16-10-20)28(3)4/h5-18H,1-4H3/b11-5-,12-6+. The predicted octanol–water partition coefficient (Wildman–Crippen LogP) is 5.98. The second-order valence-corrected chi connectivity index (χ2v) is 8.12. The van der Waals surface area contributed by atoms with E-state index in [1.807, 2.05) is 86.5 Å². The monoisotopic (exact) mass is 458 g/mol. The molecule has 0 aliphatic carbocycles. The van der Waals surface area contributed by atoms with E-state index < -0.39 is 9.85 Å². The molecule has 8 nitrogen and oxygen atoms in total. The quantitative estimate of drug-likeness (QED) is 0.234. The van der Waals surface area contributed by atoms with Crippen molar-refractivity contribution < 1.29 is 9.85 Å². The molecule has 0 N–H and O–H groups in total. The van der Waals surface area contributed by atoms with Crippen LogP contribution in [0.1, 0.15) is 22.3 Å². The molecule has 3 aromatic rings. The summed E-state index contributed by atoms with van der Waals surface area (Å²) in [7, 11) is 7.76. The zero-order valence-corrected chi connectivity index (χ0v) is 19.5. The fourth-order valence-corrected chi connectivity index (χ4v) is 3.33. The van der Waals surface area contributed by atoms with Gasteiger partial charge in [0.05, 0.1) is 27.0 Å². The number of nitrogens with zero attached hydrogens (tertiary/aromatic N) is 4. The average molecular weight is 459 g/mol. The van der Waals surface area contributed by atoms with Crippen LogP contribution in [0, 0.1) is 20.2 Å². The SMILES string of the molecule is CN(C)c1ccc(/C=C\c2cc(/C=C/c3ccc(N(C)C)cc3)c([N+](=O)[O-])cc2[N+](=O)[O-])cc1. The first-order chi connectivity index (χ1) is 16.2. The average Bonchev–Trinajstić information content (AvgIpc) is 2.81. The van der Waals surface area contributed by atoms with E-state index in [2.05, 4.69) is 0 Å². The van der Waals surface area contributed by atoms with Crippen molar-refractivity contribution in [1.29, 1.82) is 0 Å². The lowest BCUT2D eigenvalue weighted by Gasteiger charge is -2.11. The van der Waals surface area contributed by atoms with Crippen LogP contribution < -0.4 is 9.80 Å². The molecule has 174 valence electrons. The minimum Gasteiger partial charge on any atom is -0.378 e. The summed E-state index contributed by atoms with van der Waals surface area (Å²) in [6.45, 7) is 0. The molecule has 0 aliphatic rings. The summed E-state index contributed by atoms with van der Waals surface area (Å²) in [4.78, 5) is 26.0. The van der Waals surface area contributed by atoms with Crippen molar-refractivity contribution >= 4 is 47.1 Å². The van der Waals surface area contributed by atoms with Gasteiger partial charge >= 0.3 is 0 Å². The van der Waals surface area contributed by atoms with E-state index in [0.717, 1.165) is 28.6 Å². The van der Waals surface area contributed by atoms with Gasteiger partial charge < -0.3 is 9.80 Å². The normalized spacial score (nSPS) is 11.2. The number of hydrogen-bond acceptors (Lipinski definition) is 6. The van der Waals surface area contributed by atoms with Crippen molar-refractivity contribution in [2.24, 2.45) is 0 Å². The summed E-state index contributed by atoms with van der Waals surface area (Å²) < 4.78 is 0. The van der Waals surface area contributed by atoms with E-state index in [1.54, 1.807) is 24.3 Å². The molecule has 34 heavy (non-hydrogen) atoms. The zero-order valence-electron chi connectivity index (χ0n) is 19.5. The zero-order chi connectivity index (χ0) is 24.8. The Morgan fingerprint density at radius 3 is 1.24 bits per heavy atom. The molecule has 0 fully saturated rings. The van der Waals surface area contributed by atoms with Crippen LogP contribution in [0.25, 0.3) is 24.3 Å². The molecule has 0 saturated heterocycles. The van der Waals surface area contributed by atoms with E-state index in [4.69, 9.17) is 0 Å². The lowest BCUT2D eigenvalue weighted by Crippen LogP contribution is -2.07. The van der Waals surface area contributed by atoms with Gasteiger partial charge in [-0.15, -0.1) is 0 Å². The molecular weight excluding hydrogens is 432 g/mol. The molecular formula is C26H26N4O4.